The fourth-order valence-electron chi connectivity index (χ4n) is 3.33. The van der Waals surface area contributed by atoms with E-state index in [1.165, 1.54) is 44.1 Å². The highest BCUT2D eigenvalue weighted by Gasteiger charge is 2.39. The molecule has 1 aromatic rings. The number of guanidine groups is 1. The molecule has 3 rings (SSSR count). The summed E-state index contributed by atoms with van der Waals surface area (Å²) in [4.78, 5) is 4.62. The van der Waals surface area contributed by atoms with Crippen LogP contribution in [0.25, 0.3) is 0 Å². The second kappa shape index (κ2) is 6.97. The molecule has 2 fully saturated rings. The number of hydrogen-bond acceptors (Lipinski definition) is 1. The Morgan fingerprint density at radius 3 is 2.57 bits per heavy atom. The minimum Gasteiger partial charge on any atom is -0.354 e. The van der Waals surface area contributed by atoms with Crippen LogP contribution in [-0.4, -0.2) is 24.6 Å². The van der Waals surface area contributed by atoms with E-state index in [1.807, 2.05) is 0 Å². The first-order valence-corrected chi connectivity index (χ1v) is 8.49. The molecular weight excluding hydrogens is 258 g/mol. The lowest BCUT2D eigenvalue weighted by molar-refractivity contribution is 0.409. The van der Waals surface area contributed by atoms with Crippen LogP contribution in [0.3, 0.4) is 0 Å². The fraction of sp³-hybridized carbons (Fsp3) is 0.611. The van der Waals surface area contributed by atoms with Gasteiger partial charge in [0, 0.05) is 24.5 Å². The molecule has 21 heavy (non-hydrogen) atoms. The molecule has 0 amide bonds. The third kappa shape index (κ3) is 3.99. The highest BCUT2D eigenvalue weighted by molar-refractivity contribution is 5.81. The Hall–Kier alpha value is -1.51. The van der Waals surface area contributed by atoms with Gasteiger partial charge in [0.2, 0.25) is 0 Å². The molecule has 2 N–H and O–H groups in total. The third-order valence-corrected chi connectivity index (χ3v) is 4.60. The molecule has 2 aliphatic carbocycles. The maximum Gasteiger partial charge on any atom is 0.191 e. The van der Waals surface area contributed by atoms with Gasteiger partial charge in [-0.25, -0.2) is 0 Å². The van der Waals surface area contributed by atoms with Crippen molar-refractivity contribution in [3.05, 3.63) is 35.9 Å². The van der Waals surface area contributed by atoms with Crippen molar-refractivity contribution in [2.24, 2.45) is 4.99 Å². The van der Waals surface area contributed by atoms with Gasteiger partial charge in [0.05, 0.1) is 0 Å². The van der Waals surface area contributed by atoms with E-state index in [0.29, 0.717) is 18.0 Å². The molecule has 0 saturated heterocycles. The van der Waals surface area contributed by atoms with Gasteiger partial charge < -0.3 is 10.6 Å². The van der Waals surface area contributed by atoms with Crippen LogP contribution in [0.1, 0.15) is 56.9 Å². The molecule has 2 atom stereocenters. The molecule has 2 unspecified atom stereocenters. The van der Waals surface area contributed by atoms with Crippen LogP contribution in [-0.2, 0) is 0 Å². The average Bonchev–Trinajstić information content (AvgIpc) is 3.29. The van der Waals surface area contributed by atoms with E-state index in [9.17, 15) is 0 Å². The highest BCUT2D eigenvalue weighted by Crippen LogP contribution is 2.40. The summed E-state index contributed by atoms with van der Waals surface area (Å²) >= 11 is 0. The maximum absolute atomic E-state index is 4.62. The Labute approximate surface area is 128 Å². The topological polar surface area (TPSA) is 36.4 Å². The molecular formula is C18H27N3. The molecule has 1 aromatic carbocycles. The van der Waals surface area contributed by atoms with Crippen molar-refractivity contribution in [1.82, 2.24) is 10.6 Å². The zero-order valence-corrected chi connectivity index (χ0v) is 13.0. The Kier molecular flexibility index (Phi) is 4.79. The van der Waals surface area contributed by atoms with Crippen LogP contribution < -0.4 is 10.6 Å². The predicted molar refractivity (Wildman–Crippen MR) is 88.7 cm³/mol. The SMILES string of the molecule is CCN=C(NC1CCCCC1)NC1CC1c1ccccc1. The molecule has 2 aliphatic rings. The number of hydrogen-bond donors (Lipinski definition) is 2. The number of benzene rings is 1. The van der Waals surface area contributed by atoms with Gasteiger partial charge in [-0.15, -0.1) is 0 Å². The lowest BCUT2D eigenvalue weighted by Gasteiger charge is -2.25. The molecule has 3 heteroatoms. The molecule has 0 spiro atoms. The summed E-state index contributed by atoms with van der Waals surface area (Å²) in [6, 6.07) is 12.0. The minimum absolute atomic E-state index is 0.550. The maximum atomic E-state index is 4.62. The van der Waals surface area contributed by atoms with Gasteiger partial charge in [0.25, 0.3) is 0 Å². The first kappa shape index (κ1) is 14.4. The van der Waals surface area contributed by atoms with E-state index < -0.39 is 0 Å². The number of aliphatic imine (C=N–C) groups is 1. The van der Waals surface area contributed by atoms with Crippen LogP contribution >= 0.6 is 0 Å². The molecule has 0 aliphatic heterocycles. The summed E-state index contributed by atoms with van der Waals surface area (Å²) in [7, 11) is 0. The van der Waals surface area contributed by atoms with Crippen molar-refractivity contribution in [3.8, 4) is 0 Å². The molecule has 2 saturated carbocycles. The predicted octanol–water partition coefficient (Wildman–Crippen LogP) is 3.43. The van der Waals surface area contributed by atoms with E-state index in [-0.39, 0.29) is 0 Å². The van der Waals surface area contributed by atoms with Crippen LogP contribution in [0.15, 0.2) is 35.3 Å². The zero-order valence-electron chi connectivity index (χ0n) is 13.0. The minimum atomic E-state index is 0.550. The average molecular weight is 285 g/mol. The summed E-state index contributed by atoms with van der Waals surface area (Å²) in [5, 5.41) is 7.27. The number of nitrogens with one attached hydrogen (secondary N) is 2. The molecule has 0 aromatic heterocycles. The Morgan fingerprint density at radius 1 is 1.10 bits per heavy atom. The Morgan fingerprint density at radius 2 is 1.86 bits per heavy atom. The largest absolute Gasteiger partial charge is 0.354 e. The van der Waals surface area contributed by atoms with Crippen molar-refractivity contribution in [3.63, 3.8) is 0 Å². The summed E-state index contributed by atoms with van der Waals surface area (Å²) in [6.45, 7) is 2.94. The molecule has 3 nitrogen and oxygen atoms in total. The highest BCUT2D eigenvalue weighted by atomic mass is 15.2. The fourth-order valence-corrected chi connectivity index (χ4v) is 3.33. The molecule has 0 heterocycles. The Bertz CT molecular complexity index is 463. The van der Waals surface area contributed by atoms with Gasteiger partial charge in [-0.05, 0) is 31.7 Å². The molecule has 114 valence electrons. The Balaban J connectivity index is 1.53. The van der Waals surface area contributed by atoms with Crippen molar-refractivity contribution >= 4 is 5.96 Å². The zero-order chi connectivity index (χ0) is 14.5. The van der Waals surface area contributed by atoms with Gasteiger partial charge in [-0.3, -0.25) is 4.99 Å². The van der Waals surface area contributed by atoms with Crippen molar-refractivity contribution in [2.75, 3.05) is 6.54 Å². The lowest BCUT2D eigenvalue weighted by Crippen LogP contribution is -2.45. The molecule has 0 bridgehead atoms. The second-order valence-electron chi connectivity index (χ2n) is 6.31. The van der Waals surface area contributed by atoms with E-state index >= 15 is 0 Å². The number of rotatable bonds is 4. The summed E-state index contributed by atoms with van der Waals surface area (Å²) in [5.41, 5.74) is 1.45. The number of nitrogens with zero attached hydrogens (tertiary/aromatic N) is 1. The van der Waals surface area contributed by atoms with Crippen LogP contribution in [0.2, 0.25) is 0 Å². The van der Waals surface area contributed by atoms with Gasteiger partial charge in [-0.1, -0.05) is 49.6 Å². The first-order chi connectivity index (χ1) is 10.4. The third-order valence-electron chi connectivity index (χ3n) is 4.60. The van der Waals surface area contributed by atoms with Crippen LogP contribution in [0, 0.1) is 0 Å². The van der Waals surface area contributed by atoms with Crippen LogP contribution in [0.4, 0.5) is 0 Å². The van der Waals surface area contributed by atoms with Gasteiger partial charge >= 0.3 is 0 Å². The summed E-state index contributed by atoms with van der Waals surface area (Å²) in [5.74, 6) is 1.68. The quantitative estimate of drug-likeness (QED) is 0.657. The van der Waals surface area contributed by atoms with E-state index in [2.05, 4.69) is 52.9 Å². The van der Waals surface area contributed by atoms with Gasteiger partial charge in [0.1, 0.15) is 0 Å². The van der Waals surface area contributed by atoms with Crippen molar-refractivity contribution in [2.45, 2.75) is 63.5 Å². The smallest absolute Gasteiger partial charge is 0.191 e. The lowest BCUT2D eigenvalue weighted by atomic mass is 9.96. The van der Waals surface area contributed by atoms with E-state index in [4.69, 9.17) is 0 Å². The van der Waals surface area contributed by atoms with Crippen LogP contribution in [0.5, 0.6) is 0 Å². The van der Waals surface area contributed by atoms with E-state index in [1.54, 1.807) is 0 Å². The standard InChI is InChI=1S/C18H27N3/c1-2-19-18(20-15-11-7-4-8-12-15)21-17-13-16(17)14-9-5-3-6-10-14/h3,5-6,9-10,15-17H,2,4,7-8,11-13H2,1H3,(H2,19,20,21). The van der Waals surface area contributed by atoms with E-state index in [0.717, 1.165) is 12.5 Å². The molecule has 0 radical (unpaired) electrons. The second-order valence-corrected chi connectivity index (χ2v) is 6.31. The monoisotopic (exact) mass is 285 g/mol. The van der Waals surface area contributed by atoms with Gasteiger partial charge in [-0.2, -0.15) is 0 Å². The van der Waals surface area contributed by atoms with Crippen molar-refractivity contribution in [1.29, 1.82) is 0 Å². The first-order valence-electron chi connectivity index (χ1n) is 8.49. The van der Waals surface area contributed by atoms with Gasteiger partial charge in [0.15, 0.2) is 5.96 Å². The summed E-state index contributed by atoms with van der Waals surface area (Å²) in [6.07, 6.45) is 7.90. The summed E-state index contributed by atoms with van der Waals surface area (Å²) < 4.78 is 0. The normalized spacial score (nSPS) is 26.4. The van der Waals surface area contributed by atoms with Crippen molar-refractivity contribution < 1.29 is 0 Å².